The van der Waals surface area contributed by atoms with Gasteiger partial charge in [-0.15, -0.1) is 0 Å². The van der Waals surface area contributed by atoms with Crippen molar-refractivity contribution in [2.45, 2.75) is 71.8 Å². The molecule has 0 spiro atoms. The summed E-state index contributed by atoms with van der Waals surface area (Å²) in [5, 5.41) is 12.6. The summed E-state index contributed by atoms with van der Waals surface area (Å²) in [6, 6.07) is 0. The summed E-state index contributed by atoms with van der Waals surface area (Å²) >= 11 is 0. The van der Waals surface area contributed by atoms with Crippen LogP contribution in [0, 0.1) is 23.2 Å². The van der Waals surface area contributed by atoms with Crippen molar-refractivity contribution in [3.8, 4) is 0 Å². The first-order valence-electron chi connectivity index (χ1n) is 8.32. The standard InChI is InChI=1S/C17H31NO2/c1-17(2,3)14-7-5-13(6-8-14)16(20)18-11-12-4-9-15(19)10-12/h12-15,19H,4-11H2,1-3H3,(H,18,20). The van der Waals surface area contributed by atoms with Gasteiger partial charge in [-0.3, -0.25) is 4.79 Å². The average Bonchev–Trinajstić information content (AvgIpc) is 2.81. The highest BCUT2D eigenvalue weighted by Crippen LogP contribution is 2.39. The fourth-order valence-corrected chi connectivity index (χ4v) is 3.84. The van der Waals surface area contributed by atoms with Gasteiger partial charge in [0.1, 0.15) is 0 Å². The average molecular weight is 281 g/mol. The number of nitrogens with one attached hydrogen (secondary N) is 1. The summed E-state index contributed by atoms with van der Waals surface area (Å²) in [6.07, 6.45) is 7.13. The van der Waals surface area contributed by atoms with Gasteiger partial charge in [-0.05, 0) is 62.2 Å². The van der Waals surface area contributed by atoms with E-state index in [1.165, 1.54) is 12.8 Å². The minimum absolute atomic E-state index is 0.140. The molecule has 0 aromatic rings. The molecule has 0 aliphatic heterocycles. The van der Waals surface area contributed by atoms with Crippen molar-refractivity contribution in [1.29, 1.82) is 0 Å². The van der Waals surface area contributed by atoms with Gasteiger partial charge >= 0.3 is 0 Å². The van der Waals surface area contributed by atoms with Gasteiger partial charge in [-0.2, -0.15) is 0 Å². The Morgan fingerprint density at radius 3 is 2.25 bits per heavy atom. The maximum absolute atomic E-state index is 12.2. The van der Waals surface area contributed by atoms with Crippen molar-refractivity contribution in [1.82, 2.24) is 5.32 Å². The first-order valence-corrected chi connectivity index (χ1v) is 8.32. The molecule has 2 aliphatic carbocycles. The third-order valence-electron chi connectivity index (χ3n) is 5.40. The van der Waals surface area contributed by atoms with Gasteiger partial charge in [-0.1, -0.05) is 20.8 Å². The zero-order valence-electron chi connectivity index (χ0n) is 13.3. The van der Waals surface area contributed by atoms with Crippen LogP contribution in [-0.2, 0) is 4.79 Å². The van der Waals surface area contributed by atoms with E-state index in [0.29, 0.717) is 11.3 Å². The molecular weight excluding hydrogens is 250 g/mol. The largest absolute Gasteiger partial charge is 0.393 e. The number of carbonyl (C=O) groups excluding carboxylic acids is 1. The predicted octanol–water partition coefficient (Wildman–Crippen LogP) is 3.12. The van der Waals surface area contributed by atoms with Crippen LogP contribution in [0.25, 0.3) is 0 Å². The van der Waals surface area contributed by atoms with Crippen LogP contribution in [-0.4, -0.2) is 23.7 Å². The first kappa shape index (κ1) is 15.8. The van der Waals surface area contributed by atoms with Crippen LogP contribution in [0.3, 0.4) is 0 Å². The van der Waals surface area contributed by atoms with E-state index in [9.17, 15) is 9.90 Å². The van der Waals surface area contributed by atoms with Crippen LogP contribution in [0.5, 0.6) is 0 Å². The lowest BCUT2D eigenvalue weighted by molar-refractivity contribution is -0.126. The number of carbonyl (C=O) groups is 1. The second-order valence-electron chi connectivity index (χ2n) is 7.99. The third-order valence-corrected chi connectivity index (χ3v) is 5.40. The molecule has 2 fully saturated rings. The highest BCUT2D eigenvalue weighted by molar-refractivity contribution is 5.78. The van der Waals surface area contributed by atoms with Gasteiger partial charge in [0.25, 0.3) is 0 Å². The molecule has 0 saturated heterocycles. The van der Waals surface area contributed by atoms with Crippen LogP contribution in [0.15, 0.2) is 0 Å². The molecule has 2 N–H and O–H groups in total. The van der Waals surface area contributed by atoms with Gasteiger partial charge in [0.15, 0.2) is 0 Å². The monoisotopic (exact) mass is 281 g/mol. The molecule has 2 atom stereocenters. The van der Waals surface area contributed by atoms with E-state index in [0.717, 1.165) is 44.6 Å². The molecule has 3 heteroatoms. The summed E-state index contributed by atoms with van der Waals surface area (Å²) < 4.78 is 0. The molecule has 1 amide bonds. The molecule has 20 heavy (non-hydrogen) atoms. The molecule has 2 unspecified atom stereocenters. The molecule has 116 valence electrons. The van der Waals surface area contributed by atoms with E-state index in [-0.39, 0.29) is 17.9 Å². The number of hydrogen-bond donors (Lipinski definition) is 2. The first-order chi connectivity index (χ1) is 9.36. The van der Waals surface area contributed by atoms with Gasteiger partial charge in [0.05, 0.1) is 6.10 Å². The summed E-state index contributed by atoms with van der Waals surface area (Å²) in [4.78, 5) is 12.2. The molecular formula is C17H31NO2. The van der Waals surface area contributed by atoms with Gasteiger partial charge in [0, 0.05) is 12.5 Å². The molecule has 2 saturated carbocycles. The molecule has 3 nitrogen and oxygen atoms in total. The van der Waals surface area contributed by atoms with E-state index in [4.69, 9.17) is 0 Å². The molecule has 0 aromatic heterocycles. The maximum Gasteiger partial charge on any atom is 0.223 e. The number of aliphatic hydroxyl groups excluding tert-OH is 1. The fraction of sp³-hybridized carbons (Fsp3) is 0.941. The summed E-state index contributed by atoms with van der Waals surface area (Å²) in [7, 11) is 0. The molecule has 0 radical (unpaired) electrons. The van der Waals surface area contributed by atoms with E-state index >= 15 is 0 Å². The Labute approximate surface area is 123 Å². The Morgan fingerprint density at radius 1 is 1.10 bits per heavy atom. The van der Waals surface area contributed by atoms with Gasteiger partial charge in [0.2, 0.25) is 5.91 Å². The van der Waals surface area contributed by atoms with E-state index in [1.54, 1.807) is 0 Å². The zero-order valence-corrected chi connectivity index (χ0v) is 13.3. The quantitative estimate of drug-likeness (QED) is 0.835. The lowest BCUT2D eigenvalue weighted by Crippen LogP contribution is -2.37. The lowest BCUT2D eigenvalue weighted by Gasteiger charge is -2.36. The van der Waals surface area contributed by atoms with Crippen molar-refractivity contribution in [2.24, 2.45) is 23.2 Å². The SMILES string of the molecule is CC(C)(C)C1CCC(C(=O)NCC2CCC(O)C2)CC1. The van der Waals surface area contributed by atoms with E-state index < -0.39 is 0 Å². The molecule has 2 rings (SSSR count). The van der Waals surface area contributed by atoms with Crippen LogP contribution >= 0.6 is 0 Å². The van der Waals surface area contributed by atoms with Crippen molar-refractivity contribution in [3.63, 3.8) is 0 Å². The second-order valence-corrected chi connectivity index (χ2v) is 7.99. The zero-order chi connectivity index (χ0) is 14.8. The predicted molar refractivity (Wildman–Crippen MR) is 81.3 cm³/mol. The highest BCUT2D eigenvalue weighted by Gasteiger charge is 2.32. The van der Waals surface area contributed by atoms with Crippen LogP contribution < -0.4 is 5.32 Å². The Balaban J connectivity index is 1.69. The topological polar surface area (TPSA) is 49.3 Å². The summed E-state index contributed by atoms with van der Waals surface area (Å²) in [5.41, 5.74) is 0.376. The Bertz CT molecular complexity index is 326. The molecule has 0 bridgehead atoms. The third kappa shape index (κ3) is 4.21. The van der Waals surface area contributed by atoms with Gasteiger partial charge < -0.3 is 10.4 Å². The normalized spacial score (nSPS) is 35.0. The smallest absolute Gasteiger partial charge is 0.223 e. The van der Waals surface area contributed by atoms with Crippen LogP contribution in [0.4, 0.5) is 0 Å². The van der Waals surface area contributed by atoms with E-state index in [2.05, 4.69) is 26.1 Å². The minimum atomic E-state index is -0.140. The van der Waals surface area contributed by atoms with Crippen molar-refractivity contribution in [3.05, 3.63) is 0 Å². The number of amides is 1. The second kappa shape index (κ2) is 6.46. The Kier molecular flexibility index (Phi) is 5.11. The fourth-order valence-electron chi connectivity index (χ4n) is 3.84. The molecule has 0 heterocycles. The summed E-state index contributed by atoms with van der Waals surface area (Å²) in [5.74, 6) is 1.72. The van der Waals surface area contributed by atoms with Crippen LogP contribution in [0.1, 0.15) is 65.7 Å². The maximum atomic E-state index is 12.2. The summed E-state index contributed by atoms with van der Waals surface area (Å²) in [6.45, 7) is 7.69. The number of hydrogen-bond acceptors (Lipinski definition) is 2. The lowest BCUT2D eigenvalue weighted by atomic mass is 9.69. The molecule has 2 aliphatic rings. The van der Waals surface area contributed by atoms with E-state index in [1.807, 2.05) is 0 Å². The van der Waals surface area contributed by atoms with Crippen LogP contribution in [0.2, 0.25) is 0 Å². The Morgan fingerprint density at radius 2 is 1.75 bits per heavy atom. The Hall–Kier alpha value is -0.570. The highest BCUT2D eigenvalue weighted by atomic mass is 16.3. The van der Waals surface area contributed by atoms with Crippen molar-refractivity contribution >= 4 is 5.91 Å². The number of aliphatic hydroxyl groups is 1. The number of rotatable bonds is 3. The van der Waals surface area contributed by atoms with Crippen molar-refractivity contribution < 1.29 is 9.90 Å². The van der Waals surface area contributed by atoms with Crippen molar-refractivity contribution in [2.75, 3.05) is 6.54 Å². The van der Waals surface area contributed by atoms with Gasteiger partial charge in [-0.25, -0.2) is 0 Å². The minimum Gasteiger partial charge on any atom is -0.393 e. The molecule has 0 aromatic carbocycles.